The minimum atomic E-state index is -3.68. The molecule has 0 aliphatic rings. The third-order valence-electron chi connectivity index (χ3n) is 3.14. The van der Waals surface area contributed by atoms with Gasteiger partial charge in [-0.25, -0.2) is 17.9 Å². The molecule has 0 aliphatic carbocycles. The maximum atomic E-state index is 12.0. The number of sulfonamides is 1. The average Bonchev–Trinajstić information content (AvgIpc) is 2.61. The molecule has 0 aliphatic heterocycles. The van der Waals surface area contributed by atoms with Crippen LogP contribution in [0.4, 0.5) is 0 Å². The summed E-state index contributed by atoms with van der Waals surface area (Å²) in [5.74, 6) is -0.528. The topological polar surface area (TPSA) is 96.3 Å². The maximum Gasteiger partial charge on any atom is 0.338 e. The van der Waals surface area contributed by atoms with Crippen molar-refractivity contribution in [1.29, 1.82) is 5.26 Å². The van der Waals surface area contributed by atoms with Gasteiger partial charge in [-0.15, -0.1) is 0 Å². The van der Waals surface area contributed by atoms with Crippen molar-refractivity contribution in [3.8, 4) is 6.07 Å². The van der Waals surface area contributed by atoms with E-state index in [1.54, 1.807) is 0 Å². The molecule has 1 N–H and O–H groups in total. The molecule has 0 aromatic heterocycles. The van der Waals surface area contributed by atoms with E-state index in [2.05, 4.69) is 4.72 Å². The summed E-state index contributed by atoms with van der Waals surface area (Å²) in [6.07, 6.45) is 0.0864. The van der Waals surface area contributed by atoms with Crippen LogP contribution >= 0.6 is 0 Å². The molecule has 124 valence electrons. The van der Waals surface area contributed by atoms with Gasteiger partial charge in [-0.1, -0.05) is 30.3 Å². The van der Waals surface area contributed by atoms with Crippen LogP contribution in [0.3, 0.4) is 0 Å². The van der Waals surface area contributed by atoms with Gasteiger partial charge in [-0.2, -0.15) is 5.26 Å². The summed E-state index contributed by atoms with van der Waals surface area (Å²) < 4.78 is 31.4. The van der Waals surface area contributed by atoms with Crippen LogP contribution in [0.2, 0.25) is 0 Å². The number of hydrogen-bond donors (Lipinski definition) is 1. The molecular weight excluding hydrogens is 328 g/mol. The minimum Gasteiger partial charge on any atom is -0.457 e. The van der Waals surface area contributed by atoms with E-state index in [-0.39, 0.29) is 30.0 Å². The van der Waals surface area contributed by atoms with Crippen molar-refractivity contribution in [2.75, 3.05) is 6.54 Å². The highest BCUT2D eigenvalue weighted by Crippen LogP contribution is 2.12. The predicted octanol–water partition coefficient (Wildman–Crippen LogP) is 2.24. The number of nitriles is 1. The molecule has 0 radical (unpaired) electrons. The number of ether oxygens (including phenoxy) is 1. The Labute approximate surface area is 140 Å². The fourth-order valence-electron chi connectivity index (χ4n) is 1.90. The summed E-state index contributed by atoms with van der Waals surface area (Å²) in [5, 5.41) is 8.43. The molecular formula is C17H16N2O4S. The van der Waals surface area contributed by atoms with Crippen molar-refractivity contribution >= 4 is 16.0 Å². The maximum absolute atomic E-state index is 12.0. The molecule has 0 amide bonds. The molecule has 2 aromatic carbocycles. The molecule has 2 aromatic rings. The molecule has 0 fully saturated rings. The first-order valence-corrected chi connectivity index (χ1v) is 8.69. The second-order valence-corrected chi connectivity index (χ2v) is 6.66. The van der Waals surface area contributed by atoms with Crippen molar-refractivity contribution in [1.82, 2.24) is 4.72 Å². The van der Waals surface area contributed by atoms with Crippen molar-refractivity contribution < 1.29 is 17.9 Å². The van der Waals surface area contributed by atoms with Crippen LogP contribution in [0.1, 0.15) is 22.3 Å². The quantitative estimate of drug-likeness (QED) is 0.614. The standard InChI is InChI=1S/C17H16N2O4S/c18-11-4-12-19-24(21,22)16-9-7-15(8-10-16)17(20)23-13-14-5-2-1-3-6-14/h1-3,5-10,19H,4,12-13H2. The molecule has 6 nitrogen and oxygen atoms in total. The highest BCUT2D eigenvalue weighted by molar-refractivity contribution is 7.89. The molecule has 0 bridgehead atoms. The summed E-state index contributed by atoms with van der Waals surface area (Å²) in [7, 11) is -3.68. The molecule has 0 spiro atoms. The highest BCUT2D eigenvalue weighted by Gasteiger charge is 2.15. The van der Waals surface area contributed by atoms with Gasteiger partial charge in [0.2, 0.25) is 10.0 Å². The smallest absolute Gasteiger partial charge is 0.338 e. The fraction of sp³-hybridized carbons (Fsp3) is 0.176. The van der Waals surface area contributed by atoms with Crippen LogP contribution in [0, 0.1) is 11.3 Å². The Morgan fingerprint density at radius 2 is 1.75 bits per heavy atom. The zero-order valence-corrected chi connectivity index (χ0v) is 13.6. The van der Waals surface area contributed by atoms with E-state index in [0.29, 0.717) is 0 Å². The average molecular weight is 344 g/mol. The predicted molar refractivity (Wildman–Crippen MR) is 87.4 cm³/mol. The third-order valence-corrected chi connectivity index (χ3v) is 4.62. The van der Waals surface area contributed by atoms with E-state index in [1.165, 1.54) is 24.3 Å². The van der Waals surface area contributed by atoms with Crippen molar-refractivity contribution in [3.63, 3.8) is 0 Å². The van der Waals surface area contributed by atoms with Gasteiger partial charge in [-0.05, 0) is 29.8 Å². The molecule has 0 unspecified atom stereocenters. The molecule has 0 saturated heterocycles. The normalized spacial score (nSPS) is 10.8. The second kappa shape index (κ2) is 8.24. The lowest BCUT2D eigenvalue weighted by Gasteiger charge is -2.07. The van der Waals surface area contributed by atoms with Crippen molar-refractivity contribution in [3.05, 3.63) is 65.7 Å². The van der Waals surface area contributed by atoms with Gasteiger partial charge in [0, 0.05) is 13.0 Å². The number of carbonyl (C=O) groups excluding carboxylic acids is 1. The van der Waals surface area contributed by atoms with E-state index in [4.69, 9.17) is 10.00 Å². The van der Waals surface area contributed by atoms with Gasteiger partial charge in [0.1, 0.15) is 6.61 Å². The number of nitrogens with one attached hydrogen (secondary N) is 1. The van der Waals surface area contributed by atoms with Crippen LogP contribution in [0.25, 0.3) is 0 Å². The van der Waals surface area contributed by atoms with Crippen LogP contribution in [0.15, 0.2) is 59.5 Å². The monoisotopic (exact) mass is 344 g/mol. The number of carbonyl (C=O) groups is 1. The largest absolute Gasteiger partial charge is 0.457 e. The molecule has 2 rings (SSSR count). The molecule has 0 heterocycles. The van der Waals surface area contributed by atoms with E-state index >= 15 is 0 Å². The molecule has 0 atom stereocenters. The van der Waals surface area contributed by atoms with Gasteiger partial charge < -0.3 is 4.74 Å². The summed E-state index contributed by atoms with van der Waals surface area (Å²) in [4.78, 5) is 12.0. The number of nitrogens with zero attached hydrogens (tertiary/aromatic N) is 1. The van der Waals surface area contributed by atoms with Crippen LogP contribution < -0.4 is 4.72 Å². The number of esters is 1. The van der Waals surface area contributed by atoms with Crippen molar-refractivity contribution in [2.24, 2.45) is 0 Å². The number of hydrogen-bond acceptors (Lipinski definition) is 5. The Kier molecular flexibility index (Phi) is 6.07. The molecule has 24 heavy (non-hydrogen) atoms. The third kappa shape index (κ3) is 4.91. The number of rotatable bonds is 7. The minimum absolute atomic E-state index is 0.0278. The Morgan fingerprint density at radius 1 is 1.08 bits per heavy atom. The lowest BCUT2D eigenvalue weighted by atomic mass is 10.2. The lowest BCUT2D eigenvalue weighted by molar-refractivity contribution is 0.0472. The van der Waals surface area contributed by atoms with Crippen LogP contribution in [-0.2, 0) is 21.4 Å². The first-order chi connectivity index (χ1) is 11.5. The van der Waals surface area contributed by atoms with E-state index in [9.17, 15) is 13.2 Å². The Bertz CT molecular complexity index is 825. The molecule has 0 saturated carbocycles. The van der Waals surface area contributed by atoms with Gasteiger partial charge in [0.05, 0.1) is 16.5 Å². The Balaban J connectivity index is 1.98. The van der Waals surface area contributed by atoms with E-state index in [0.717, 1.165) is 5.56 Å². The molecule has 7 heteroatoms. The summed E-state index contributed by atoms with van der Waals surface area (Å²) >= 11 is 0. The highest BCUT2D eigenvalue weighted by atomic mass is 32.2. The Morgan fingerprint density at radius 3 is 2.38 bits per heavy atom. The summed E-state index contributed by atoms with van der Waals surface area (Å²) in [5.41, 5.74) is 1.13. The summed E-state index contributed by atoms with van der Waals surface area (Å²) in [6.45, 7) is 0.190. The van der Waals surface area contributed by atoms with E-state index in [1.807, 2.05) is 36.4 Å². The van der Waals surface area contributed by atoms with Crippen LogP contribution in [-0.4, -0.2) is 20.9 Å². The Hall–Kier alpha value is -2.69. The first kappa shape index (κ1) is 17.7. The van der Waals surface area contributed by atoms with E-state index < -0.39 is 16.0 Å². The fourth-order valence-corrected chi connectivity index (χ4v) is 2.93. The zero-order chi connectivity index (χ0) is 17.4. The number of benzene rings is 2. The van der Waals surface area contributed by atoms with Gasteiger partial charge in [0.15, 0.2) is 0 Å². The lowest BCUT2D eigenvalue weighted by Crippen LogP contribution is -2.24. The second-order valence-electron chi connectivity index (χ2n) is 4.89. The van der Waals surface area contributed by atoms with Gasteiger partial charge in [0.25, 0.3) is 0 Å². The van der Waals surface area contributed by atoms with Crippen LogP contribution in [0.5, 0.6) is 0 Å². The zero-order valence-electron chi connectivity index (χ0n) is 12.8. The van der Waals surface area contributed by atoms with Crippen molar-refractivity contribution in [2.45, 2.75) is 17.9 Å². The summed E-state index contributed by atoms with van der Waals surface area (Å²) in [6, 6.07) is 16.6. The van der Waals surface area contributed by atoms with Gasteiger partial charge >= 0.3 is 5.97 Å². The first-order valence-electron chi connectivity index (χ1n) is 7.20. The van der Waals surface area contributed by atoms with Gasteiger partial charge in [-0.3, -0.25) is 0 Å². The SMILES string of the molecule is N#CCCNS(=O)(=O)c1ccc(C(=O)OCc2ccccc2)cc1.